The third-order valence-corrected chi connectivity index (χ3v) is 5.75. The van der Waals surface area contributed by atoms with E-state index >= 15 is 0 Å². The number of aliphatic hydroxyl groups is 1. The Bertz CT molecular complexity index is 876. The summed E-state index contributed by atoms with van der Waals surface area (Å²) >= 11 is 0. The quantitative estimate of drug-likeness (QED) is 0.310. The molecule has 8 nitrogen and oxygen atoms in total. The first-order valence-corrected chi connectivity index (χ1v) is 11.5. The van der Waals surface area contributed by atoms with Gasteiger partial charge >= 0.3 is 5.97 Å². The maximum atomic E-state index is 12.5. The van der Waals surface area contributed by atoms with Gasteiger partial charge in [-0.1, -0.05) is 19.1 Å². The van der Waals surface area contributed by atoms with E-state index in [1.165, 1.54) is 21.3 Å². The minimum Gasteiger partial charge on any atom is -0.508 e. The highest BCUT2D eigenvalue weighted by Crippen LogP contribution is 2.38. The molecule has 0 aliphatic rings. The molecule has 0 amide bonds. The second-order valence-electron chi connectivity index (χ2n) is 8.07. The number of aromatic hydroxyl groups is 1. The molecule has 0 aliphatic carbocycles. The van der Waals surface area contributed by atoms with Crippen molar-refractivity contribution in [2.24, 2.45) is 0 Å². The lowest BCUT2D eigenvalue weighted by Gasteiger charge is -2.32. The molecule has 0 bridgehead atoms. The molecule has 2 atom stereocenters. The number of aliphatic hydroxyl groups excluding tert-OH is 1. The lowest BCUT2D eigenvalue weighted by atomic mass is 10.0. The Hall–Kier alpha value is -2.97. The highest BCUT2D eigenvalue weighted by Gasteiger charge is 2.23. The summed E-state index contributed by atoms with van der Waals surface area (Å²) in [4.78, 5) is 14.8. The van der Waals surface area contributed by atoms with Crippen LogP contribution in [-0.4, -0.2) is 68.1 Å². The molecule has 0 saturated carbocycles. The molecule has 2 N–H and O–H groups in total. The summed E-state index contributed by atoms with van der Waals surface area (Å²) in [5, 5.41) is 20.3. The molecule has 34 heavy (non-hydrogen) atoms. The van der Waals surface area contributed by atoms with Gasteiger partial charge in [0.1, 0.15) is 5.75 Å². The van der Waals surface area contributed by atoms with E-state index < -0.39 is 12.1 Å². The van der Waals surface area contributed by atoms with Crippen molar-refractivity contribution < 1.29 is 34.0 Å². The summed E-state index contributed by atoms with van der Waals surface area (Å²) in [5.74, 6) is 0.924. The Morgan fingerprint density at radius 2 is 1.59 bits per heavy atom. The number of esters is 1. The van der Waals surface area contributed by atoms with E-state index in [9.17, 15) is 15.0 Å². The number of methoxy groups -OCH3 is 3. The number of phenols is 1. The summed E-state index contributed by atoms with van der Waals surface area (Å²) in [6.07, 6.45) is 1.81. The second-order valence-corrected chi connectivity index (χ2v) is 8.07. The van der Waals surface area contributed by atoms with Crippen molar-refractivity contribution in [2.75, 3.05) is 41.0 Å². The molecule has 0 spiro atoms. The lowest BCUT2D eigenvalue weighted by molar-refractivity contribution is 0.0459. The zero-order chi connectivity index (χ0) is 25.1. The van der Waals surface area contributed by atoms with Gasteiger partial charge in [0.25, 0.3) is 0 Å². The van der Waals surface area contributed by atoms with E-state index in [1.54, 1.807) is 36.4 Å². The van der Waals surface area contributed by atoms with Gasteiger partial charge in [-0.3, -0.25) is 4.90 Å². The number of carbonyl (C=O) groups excluding carboxylic acids is 1. The van der Waals surface area contributed by atoms with Crippen LogP contribution < -0.4 is 14.2 Å². The van der Waals surface area contributed by atoms with Crippen LogP contribution in [0.25, 0.3) is 0 Å². The number of phenolic OH excluding ortho intramolecular Hbond substituents is 1. The molecule has 0 aromatic heterocycles. The van der Waals surface area contributed by atoms with Crippen molar-refractivity contribution in [1.82, 2.24) is 4.90 Å². The number of unbranched alkanes of at least 4 members (excludes halogenated alkanes) is 1. The van der Waals surface area contributed by atoms with E-state index in [4.69, 9.17) is 18.9 Å². The topological polar surface area (TPSA) is 97.7 Å². The van der Waals surface area contributed by atoms with Gasteiger partial charge in [-0.25, -0.2) is 4.79 Å². The van der Waals surface area contributed by atoms with E-state index in [0.717, 1.165) is 31.5 Å². The van der Waals surface area contributed by atoms with Crippen LogP contribution in [0.15, 0.2) is 36.4 Å². The molecule has 2 unspecified atom stereocenters. The van der Waals surface area contributed by atoms with Crippen molar-refractivity contribution >= 4 is 5.97 Å². The van der Waals surface area contributed by atoms with Gasteiger partial charge in [0.2, 0.25) is 5.75 Å². The molecule has 2 aromatic carbocycles. The molecular weight excluding hydrogens is 438 g/mol. The zero-order valence-corrected chi connectivity index (χ0v) is 20.7. The standard InChI is InChI=1S/C26H37NO7/c1-6-13-27(18(2)24(29)19-9-11-21(28)12-10-19)14-7-8-15-34-26(30)20-16-22(31-3)25(33-5)23(17-20)32-4/h9-12,16-18,24,28-29H,6-8,13-15H2,1-5H3. The van der Waals surface area contributed by atoms with Crippen LogP contribution in [0.5, 0.6) is 23.0 Å². The largest absolute Gasteiger partial charge is 0.508 e. The third-order valence-electron chi connectivity index (χ3n) is 5.75. The summed E-state index contributed by atoms with van der Waals surface area (Å²) < 4.78 is 21.3. The predicted molar refractivity (Wildman–Crippen MR) is 130 cm³/mol. The molecule has 0 fully saturated rings. The minimum absolute atomic E-state index is 0.0914. The number of carbonyl (C=O) groups is 1. The Morgan fingerprint density at radius 3 is 2.12 bits per heavy atom. The van der Waals surface area contributed by atoms with Crippen LogP contribution >= 0.6 is 0 Å². The van der Waals surface area contributed by atoms with Gasteiger partial charge in [0, 0.05) is 6.04 Å². The van der Waals surface area contributed by atoms with Gasteiger partial charge < -0.3 is 29.2 Å². The molecule has 2 rings (SSSR count). The van der Waals surface area contributed by atoms with Crippen molar-refractivity contribution in [3.05, 3.63) is 47.5 Å². The van der Waals surface area contributed by atoms with Crippen LogP contribution in [0, 0.1) is 0 Å². The van der Waals surface area contributed by atoms with Crippen LogP contribution in [0.3, 0.4) is 0 Å². The van der Waals surface area contributed by atoms with E-state index in [1.807, 2.05) is 6.92 Å². The zero-order valence-electron chi connectivity index (χ0n) is 20.7. The molecule has 2 aromatic rings. The SMILES string of the molecule is CCCN(CCCCOC(=O)c1cc(OC)c(OC)c(OC)c1)C(C)C(O)c1ccc(O)cc1. The number of nitrogens with zero attached hydrogens (tertiary/aromatic N) is 1. The van der Waals surface area contributed by atoms with Gasteiger partial charge in [0.05, 0.1) is 39.6 Å². The smallest absolute Gasteiger partial charge is 0.338 e. The fraction of sp³-hybridized carbons (Fsp3) is 0.500. The molecule has 0 heterocycles. The number of rotatable bonds is 14. The summed E-state index contributed by atoms with van der Waals surface area (Å²) in [7, 11) is 4.49. The fourth-order valence-electron chi connectivity index (χ4n) is 3.82. The molecular formula is C26H37NO7. The Kier molecular flexibility index (Phi) is 11.0. The summed E-state index contributed by atoms with van der Waals surface area (Å²) in [5.41, 5.74) is 1.10. The molecule has 0 aliphatic heterocycles. The first-order chi connectivity index (χ1) is 16.4. The Balaban J connectivity index is 1.88. The number of hydrogen-bond donors (Lipinski definition) is 2. The molecule has 8 heteroatoms. The number of benzene rings is 2. The number of ether oxygens (including phenoxy) is 4. The average Bonchev–Trinajstić information content (AvgIpc) is 2.86. The number of hydrogen-bond acceptors (Lipinski definition) is 8. The third kappa shape index (κ3) is 7.27. The summed E-state index contributed by atoms with van der Waals surface area (Å²) in [6.45, 7) is 6.00. The van der Waals surface area contributed by atoms with E-state index in [-0.39, 0.29) is 18.4 Å². The van der Waals surface area contributed by atoms with E-state index in [0.29, 0.717) is 29.2 Å². The summed E-state index contributed by atoms with van der Waals surface area (Å²) in [6, 6.07) is 9.69. The second kappa shape index (κ2) is 13.7. The lowest BCUT2D eigenvalue weighted by Crippen LogP contribution is -2.39. The first kappa shape index (κ1) is 27.3. The maximum Gasteiger partial charge on any atom is 0.338 e. The molecule has 0 saturated heterocycles. The van der Waals surface area contributed by atoms with Gasteiger partial charge in [-0.05, 0) is 69.1 Å². The Labute approximate surface area is 202 Å². The Morgan fingerprint density at radius 1 is 0.971 bits per heavy atom. The predicted octanol–water partition coefficient (Wildman–Crippen LogP) is 4.19. The van der Waals surface area contributed by atoms with Crippen LogP contribution in [0.2, 0.25) is 0 Å². The van der Waals surface area contributed by atoms with E-state index in [2.05, 4.69) is 11.8 Å². The van der Waals surface area contributed by atoms with Gasteiger partial charge in [-0.2, -0.15) is 0 Å². The monoisotopic (exact) mass is 475 g/mol. The molecule has 188 valence electrons. The first-order valence-electron chi connectivity index (χ1n) is 11.5. The van der Waals surface area contributed by atoms with Crippen LogP contribution in [0.4, 0.5) is 0 Å². The average molecular weight is 476 g/mol. The molecule has 0 radical (unpaired) electrons. The van der Waals surface area contributed by atoms with Crippen molar-refractivity contribution in [2.45, 2.75) is 45.3 Å². The van der Waals surface area contributed by atoms with Crippen molar-refractivity contribution in [3.63, 3.8) is 0 Å². The van der Waals surface area contributed by atoms with Crippen LogP contribution in [-0.2, 0) is 4.74 Å². The maximum absolute atomic E-state index is 12.5. The van der Waals surface area contributed by atoms with Gasteiger partial charge in [-0.15, -0.1) is 0 Å². The minimum atomic E-state index is -0.662. The fourth-order valence-corrected chi connectivity index (χ4v) is 3.82. The highest BCUT2D eigenvalue weighted by atomic mass is 16.5. The van der Waals surface area contributed by atoms with Crippen molar-refractivity contribution in [1.29, 1.82) is 0 Å². The van der Waals surface area contributed by atoms with Gasteiger partial charge in [0.15, 0.2) is 11.5 Å². The highest BCUT2D eigenvalue weighted by molar-refractivity contribution is 5.91. The normalized spacial score (nSPS) is 12.8. The van der Waals surface area contributed by atoms with Crippen LogP contribution in [0.1, 0.15) is 55.1 Å². The van der Waals surface area contributed by atoms with Crippen molar-refractivity contribution in [3.8, 4) is 23.0 Å².